The molecule has 226 valence electrons. The molecule has 5 heteroatoms. The zero-order chi connectivity index (χ0) is 28.9. The van der Waals surface area contributed by atoms with Crippen molar-refractivity contribution in [3.05, 3.63) is 64.7 Å². The lowest BCUT2D eigenvalue weighted by Gasteiger charge is -2.58. The monoisotopic (exact) mass is 633 g/mol. The maximum Gasteiger partial charge on any atom is 0.244 e. The van der Waals surface area contributed by atoms with Crippen LogP contribution >= 0.6 is 15.9 Å². The molecule has 0 amide bonds. The summed E-state index contributed by atoms with van der Waals surface area (Å²) in [5.74, 6) is 3.97. The van der Waals surface area contributed by atoms with Crippen LogP contribution in [0.5, 0.6) is 0 Å². The number of hydrogen-bond acceptors (Lipinski definition) is 2. The van der Waals surface area contributed by atoms with Gasteiger partial charge in [-0.25, -0.2) is 9.13 Å². The molecule has 1 spiro atoms. The van der Waals surface area contributed by atoms with E-state index in [1.165, 1.54) is 61.4 Å². The molecule has 8 rings (SSSR count). The number of ether oxygens (including phenoxy) is 2. The Bertz CT molecular complexity index is 1380. The lowest BCUT2D eigenvalue weighted by molar-refractivity contribution is -0.688. The van der Waals surface area contributed by atoms with E-state index in [-0.39, 0.29) is 5.79 Å². The summed E-state index contributed by atoms with van der Waals surface area (Å²) in [6.07, 6.45) is 21.5. The molecule has 2 saturated heterocycles. The molecule has 0 unspecified atom stereocenters. The normalized spacial score (nSPS) is 46.1. The minimum absolute atomic E-state index is 0.301. The van der Waals surface area contributed by atoms with Gasteiger partial charge in [-0.05, 0) is 91.4 Å². The molecule has 3 heterocycles. The van der Waals surface area contributed by atoms with Crippen molar-refractivity contribution in [3.8, 4) is 0 Å². The molecule has 6 aliphatic rings. The number of aromatic nitrogens is 2. The van der Waals surface area contributed by atoms with Crippen LogP contribution in [0.3, 0.4) is 0 Å². The molecule has 4 nitrogen and oxygen atoms in total. The van der Waals surface area contributed by atoms with Gasteiger partial charge in [-0.1, -0.05) is 73.5 Å². The number of allylic oxidation sites excluding steroid dienone is 2. The molecule has 0 bridgehead atoms. The maximum atomic E-state index is 7.01. The van der Waals surface area contributed by atoms with Crippen molar-refractivity contribution in [1.82, 2.24) is 4.57 Å². The van der Waals surface area contributed by atoms with Gasteiger partial charge in [0.2, 0.25) is 6.33 Å². The van der Waals surface area contributed by atoms with Gasteiger partial charge in [0.1, 0.15) is 25.0 Å². The minimum Gasteiger partial charge on any atom is -0.349 e. The smallest absolute Gasteiger partial charge is 0.244 e. The van der Waals surface area contributed by atoms with Crippen molar-refractivity contribution in [2.24, 2.45) is 46.3 Å². The molecule has 4 aliphatic carbocycles. The highest BCUT2D eigenvalue weighted by Gasteiger charge is 2.68. The van der Waals surface area contributed by atoms with Gasteiger partial charge in [-0.2, -0.15) is 0 Å². The zero-order valence-electron chi connectivity index (χ0n) is 26.1. The van der Waals surface area contributed by atoms with Crippen LogP contribution in [0.25, 0.3) is 0 Å². The Morgan fingerprint density at radius 2 is 1.90 bits per heavy atom. The van der Waals surface area contributed by atoms with Crippen LogP contribution in [0.1, 0.15) is 97.1 Å². The molecule has 1 aromatic carbocycles. The molecule has 42 heavy (non-hydrogen) atoms. The van der Waals surface area contributed by atoms with E-state index in [1.54, 1.807) is 5.57 Å². The number of fused-ring (bicyclic) bond motifs is 7. The van der Waals surface area contributed by atoms with E-state index in [1.807, 2.05) is 0 Å². The predicted molar refractivity (Wildman–Crippen MR) is 169 cm³/mol. The van der Waals surface area contributed by atoms with Gasteiger partial charge in [-0.3, -0.25) is 0 Å². The van der Waals surface area contributed by atoms with Crippen LogP contribution in [0.15, 0.2) is 59.1 Å². The highest BCUT2D eigenvalue weighted by Crippen LogP contribution is 2.70. The molecule has 1 aromatic heterocycles. The number of benzene rings is 1. The van der Waals surface area contributed by atoms with Crippen molar-refractivity contribution in [2.75, 3.05) is 6.61 Å². The van der Waals surface area contributed by atoms with E-state index in [2.05, 4.69) is 102 Å². The van der Waals surface area contributed by atoms with Crippen molar-refractivity contribution in [2.45, 2.75) is 110 Å². The van der Waals surface area contributed by atoms with Gasteiger partial charge in [0.05, 0.1) is 12.7 Å². The van der Waals surface area contributed by atoms with Crippen LogP contribution < -0.4 is 4.57 Å². The second kappa shape index (κ2) is 10.0. The Morgan fingerprint density at radius 3 is 2.71 bits per heavy atom. The third-order valence-electron chi connectivity index (χ3n) is 13.8. The number of hydrogen-bond donors (Lipinski definition) is 0. The average Bonchev–Trinajstić information content (AvgIpc) is 3.64. The van der Waals surface area contributed by atoms with E-state index in [0.717, 1.165) is 37.3 Å². The number of rotatable bonds is 3. The van der Waals surface area contributed by atoms with Crippen LogP contribution in [0, 0.1) is 46.3 Å². The van der Waals surface area contributed by atoms with E-state index >= 15 is 0 Å². The van der Waals surface area contributed by atoms with E-state index in [9.17, 15) is 0 Å². The third kappa shape index (κ3) is 4.15. The number of halogens is 1. The van der Waals surface area contributed by atoms with Crippen LogP contribution in [0.4, 0.5) is 0 Å². The summed E-state index contributed by atoms with van der Waals surface area (Å²) in [5, 5.41) is 0. The Morgan fingerprint density at radius 1 is 1.05 bits per heavy atom. The van der Waals surface area contributed by atoms with Crippen molar-refractivity contribution >= 4 is 15.9 Å². The zero-order valence-corrected chi connectivity index (χ0v) is 27.7. The largest absolute Gasteiger partial charge is 0.349 e. The Labute approximate surface area is 261 Å². The summed E-state index contributed by atoms with van der Waals surface area (Å²) >= 11 is 3.72. The highest BCUT2D eigenvalue weighted by molar-refractivity contribution is 9.10. The summed E-state index contributed by atoms with van der Waals surface area (Å²) in [7, 11) is 0. The van der Waals surface area contributed by atoms with Crippen LogP contribution in [0.2, 0.25) is 0 Å². The quantitative estimate of drug-likeness (QED) is 0.250. The standard InChI is InChI=1S/C37H50BrN2O2/c1-24-11-16-37(41-22-24)25(2)34-33(42-37)20-31-29-10-9-27-19-28(12-14-35(27,3)30(29)13-15-36(31,34)4)40-18-17-39(23-40)21-26-7-5-6-8-32(26)38/h5-9,17-18,23-25,28-31,33-34H,10-16,19-22H2,1-4H3/q+1/t24-,25+,28+,29-,30+,31+,33+,34+,35+,36+,37-/m1/s1. The highest BCUT2D eigenvalue weighted by atomic mass is 79.9. The molecular weight excluding hydrogens is 584 g/mol. The van der Waals surface area contributed by atoms with E-state index in [0.29, 0.717) is 40.7 Å². The Hall–Kier alpha value is -1.43. The summed E-state index contributed by atoms with van der Waals surface area (Å²) in [6.45, 7) is 11.9. The second-order valence-corrected chi connectivity index (χ2v) is 16.7. The van der Waals surface area contributed by atoms with Crippen molar-refractivity contribution in [3.63, 3.8) is 0 Å². The van der Waals surface area contributed by atoms with Gasteiger partial charge in [0.25, 0.3) is 0 Å². The molecule has 2 aromatic rings. The fourth-order valence-corrected chi connectivity index (χ4v) is 11.9. The first-order chi connectivity index (χ1) is 20.2. The molecule has 0 radical (unpaired) electrons. The number of imidazole rings is 1. The van der Waals surface area contributed by atoms with Crippen LogP contribution in [-0.4, -0.2) is 23.1 Å². The van der Waals surface area contributed by atoms with Crippen LogP contribution in [-0.2, 0) is 16.0 Å². The number of nitrogens with zero attached hydrogens (tertiary/aromatic N) is 2. The first-order valence-electron chi connectivity index (χ1n) is 17.0. The summed E-state index contributed by atoms with van der Waals surface area (Å²) < 4.78 is 19.6. The SMILES string of the molecule is C[C@@H]1CC[C@@]2(OC1)O[C@H]1C[C@H]3[C@@H]4CC=C5C[C@@H](n6cc[n+](Cc7ccccc7Br)c6)CC[C@]5(C)[C@H]4CC[C@]3(C)[C@H]1[C@@H]2C. The lowest BCUT2D eigenvalue weighted by atomic mass is 9.46. The summed E-state index contributed by atoms with van der Waals surface area (Å²) in [5.41, 5.74) is 3.86. The topological polar surface area (TPSA) is 27.3 Å². The molecule has 5 fully saturated rings. The third-order valence-corrected chi connectivity index (χ3v) is 14.6. The fraction of sp³-hybridized carbons (Fsp3) is 0.703. The fourth-order valence-electron chi connectivity index (χ4n) is 11.5. The van der Waals surface area contributed by atoms with Gasteiger partial charge in [0.15, 0.2) is 5.79 Å². The first kappa shape index (κ1) is 28.1. The van der Waals surface area contributed by atoms with Crippen molar-refractivity contribution in [1.29, 1.82) is 0 Å². The van der Waals surface area contributed by atoms with E-state index in [4.69, 9.17) is 9.47 Å². The molecule has 3 saturated carbocycles. The van der Waals surface area contributed by atoms with Crippen molar-refractivity contribution < 1.29 is 14.0 Å². The van der Waals surface area contributed by atoms with E-state index < -0.39 is 0 Å². The summed E-state index contributed by atoms with van der Waals surface area (Å²) in [6, 6.07) is 9.14. The average molecular weight is 635 g/mol. The molecule has 11 atom stereocenters. The van der Waals surface area contributed by atoms with Gasteiger partial charge >= 0.3 is 0 Å². The van der Waals surface area contributed by atoms with Gasteiger partial charge in [0, 0.05) is 28.8 Å². The summed E-state index contributed by atoms with van der Waals surface area (Å²) in [4.78, 5) is 0. The molecule has 0 N–H and O–H groups in total. The Balaban J connectivity index is 0.987. The Kier molecular flexibility index (Phi) is 6.71. The predicted octanol–water partition coefficient (Wildman–Crippen LogP) is 8.49. The maximum absolute atomic E-state index is 7.01. The molecular formula is C37H50BrN2O2+. The minimum atomic E-state index is -0.301. The van der Waals surface area contributed by atoms with Gasteiger partial charge in [-0.15, -0.1) is 0 Å². The first-order valence-corrected chi connectivity index (χ1v) is 17.8. The lowest BCUT2D eigenvalue weighted by Crippen LogP contribution is -2.52. The molecule has 2 aliphatic heterocycles. The second-order valence-electron chi connectivity index (χ2n) is 15.8. The van der Waals surface area contributed by atoms with Gasteiger partial charge < -0.3 is 9.47 Å².